The van der Waals surface area contributed by atoms with E-state index in [1.165, 1.54) is 4.90 Å². The fourth-order valence-corrected chi connectivity index (χ4v) is 3.01. The summed E-state index contributed by atoms with van der Waals surface area (Å²) in [6, 6.07) is -0.449. The van der Waals surface area contributed by atoms with Crippen molar-refractivity contribution in [2.45, 2.75) is 64.0 Å². The van der Waals surface area contributed by atoms with E-state index in [1.807, 2.05) is 6.92 Å². The Morgan fingerprint density at radius 2 is 2.00 bits per heavy atom. The van der Waals surface area contributed by atoms with Crippen molar-refractivity contribution >= 4 is 17.9 Å². The van der Waals surface area contributed by atoms with Crippen molar-refractivity contribution in [2.75, 3.05) is 6.54 Å². The molecular weight excluding hydrogens is 274 g/mol. The summed E-state index contributed by atoms with van der Waals surface area (Å²) in [6.07, 6.45) is 2.23. The molecule has 7 heteroatoms. The Balaban J connectivity index is 2.89. The second-order valence-electron chi connectivity index (χ2n) is 6.30. The zero-order chi connectivity index (χ0) is 16.3. The Bertz CT molecular complexity index is 436. The highest BCUT2D eigenvalue weighted by molar-refractivity contribution is 5.87. The minimum Gasteiger partial charge on any atom is -0.479 e. The van der Waals surface area contributed by atoms with E-state index in [9.17, 15) is 19.5 Å². The van der Waals surface area contributed by atoms with E-state index in [1.54, 1.807) is 13.8 Å². The van der Waals surface area contributed by atoms with Crippen molar-refractivity contribution in [1.29, 1.82) is 0 Å². The molecule has 0 radical (unpaired) electrons. The maximum Gasteiger partial charge on any atom is 0.329 e. The van der Waals surface area contributed by atoms with Gasteiger partial charge in [-0.15, -0.1) is 0 Å². The smallest absolute Gasteiger partial charge is 0.329 e. The number of aliphatic carboxylic acids is 1. The van der Waals surface area contributed by atoms with Crippen LogP contribution in [-0.2, 0) is 9.59 Å². The number of rotatable bonds is 6. The summed E-state index contributed by atoms with van der Waals surface area (Å²) in [5.74, 6) is -1.48. The van der Waals surface area contributed by atoms with Gasteiger partial charge in [-0.2, -0.15) is 0 Å². The maximum absolute atomic E-state index is 12.4. The lowest BCUT2D eigenvalue weighted by molar-refractivity contribution is -0.148. The van der Waals surface area contributed by atoms with E-state index in [-0.39, 0.29) is 6.42 Å². The zero-order valence-electron chi connectivity index (χ0n) is 12.9. The number of likely N-dealkylation sites (tertiary alicyclic amines) is 1. The van der Waals surface area contributed by atoms with Crippen LogP contribution in [0.4, 0.5) is 4.79 Å². The molecule has 0 spiro atoms. The minimum absolute atomic E-state index is 0.000426. The van der Waals surface area contributed by atoms with Gasteiger partial charge in [0.15, 0.2) is 0 Å². The van der Waals surface area contributed by atoms with Crippen LogP contribution in [0.5, 0.6) is 0 Å². The van der Waals surface area contributed by atoms with Gasteiger partial charge in [0.05, 0.1) is 0 Å². The van der Waals surface area contributed by atoms with E-state index >= 15 is 0 Å². The third-order valence-electron chi connectivity index (χ3n) is 3.86. The number of carboxylic acid groups (broad SMARTS) is 1. The molecule has 0 aromatic rings. The van der Waals surface area contributed by atoms with Gasteiger partial charge in [0.25, 0.3) is 0 Å². The fraction of sp³-hybridized carbons (Fsp3) is 0.786. The lowest BCUT2D eigenvalue weighted by atomic mass is 9.90. The highest BCUT2D eigenvalue weighted by atomic mass is 16.4. The number of nitrogens with two attached hydrogens (primary N) is 1. The number of carbonyl (C=O) groups is 3. The van der Waals surface area contributed by atoms with Gasteiger partial charge in [-0.3, -0.25) is 4.79 Å². The van der Waals surface area contributed by atoms with Crippen molar-refractivity contribution in [3.8, 4) is 0 Å². The average Bonchev–Trinajstić information content (AvgIpc) is 2.71. The highest BCUT2D eigenvalue weighted by Crippen LogP contribution is 2.34. The summed E-state index contributed by atoms with van der Waals surface area (Å²) in [5, 5.41) is 12.3. The molecule has 0 aromatic heterocycles. The molecule has 1 aliphatic rings. The highest BCUT2D eigenvalue weighted by Gasteiger charge is 2.49. The van der Waals surface area contributed by atoms with Crippen LogP contribution in [0.2, 0.25) is 0 Å². The third-order valence-corrected chi connectivity index (χ3v) is 3.86. The predicted octanol–water partition coefficient (Wildman–Crippen LogP) is 1.07. The van der Waals surface area contributed by atoms with E-state index < -0.39 is 29.0 Å². The first kappa shape index (κ1) is 17.3. The first-order chi connectivity index (χ1) is 9.64. The number of urea groups is 1. The number of primary amides is 1. The summed E-state index contributed by atoms with van der Waals surface area (Å²) in [6.45, 7) is 5.68. The van der Waals surface area contributed by atoms with Gasteiger partial charge in [0, 0.05) is 18.5 Å². The monoisotopic (exact) mass is 299 g/mol. The van der Waals surface area contributed by atoms with Crippen molar-refractivity contribution < 1.29 is 19.5 Å². The lowest BCUT2D eigenvalue weighted by Crippen LogP contribution is -2.59. The molecule has 0 saturated carbocycles. The molecule has 21 heavy (non-hydrogen) atoms. The van der Waals surface area contributed by atoms with Crippen molar-refractivity contribution in [1.82, 2.24) is 10.2 Å². The number of nitrogens with zero attached hydrogens (tertiary/aromatic N) is 1. The summed E-state index contributed by atoms with van der Waals surface area (Å²) < 4.78 is 0. The van der Waals surface area contributed by atoms with Gasteiger partial charge in [0.2, 0.25) is 5.91 Å². The first-order valence-electron chi connectivity index (χ1n) is 7.26. The summed E-state index contributed by atoms with van der Waals surface area (Å²) in [4.78, 5) is 36.5. The molecule has 1 saturated heterocycles. The molecule has 0 bridgehead atoms. The number of carboxylic acids is 1. The molecule has 1 aliphatic heterocycles. The second kappa shape index (κ2) is 6.32. The van der Waals surface area contributed by atoms with Crippen LogP contribution < -0.4 is 11.1 Å². The van der Waals surface area contributed by atoms with Gasteiger partial charge in [-0.25, -0.2) is 9.59 Å². The molecule has 1 heterocycles. The molecule has 3 amide bonds. The molecule has 120 valence electrons. The molecule has 7 nitrogen and oxygen atoms in total. The molecule has 4 N–H and O–H groups in total. The average molecular weight is 299 g/mol. The lowest BCUT2D eigenvalue weighted by Gasteiger charge is -2.37. The Labute approximate surface area is 124 Å². The van der Waals surface area contributed by atoms with Crippen molar-refractivity contribution in [3.05, 3.63) is 0 Å². The molecule has 1 unspecified atom stereocenters. The number of nitrogens with one attached hydrogen (secondary N) is 1. The van der Waals surface area contributed by atoms with Crippen LogP contribution in [0.25, 0.3) is 0 Å². The minimum atomic E-state index is -1.14. The Morgan fingerprint density at radius 3 is 2.48 bits per heavy atom. The van der Waals surface area contributed by atoms with Crippen LogP contribution in [0.3, 0.4) is 0 Å². The van der Waals surface area contributed by atoms with Gasteiger partial charge in [0.1, 0.15) is 5.54 Å². The fourth-order valence-electron chi connectivity index (χ4n) is 3.01. The van der Waals surface area contributed by atoms with Crippen LogP contribution >= 0.6 is 0 Å². The number of hydrogen-bond acceptors (Lipinski definition) is 3. The topological polar surface area (TPSA) is 113 Å². The van der Waals surface area contributed by atoms with E-state index in [0.717, 1.165) is 0 Å². The Morgan fingerprint density at radius 1 is 1.38 bits per heavy atom. The summed E-state index contributed by atoms with van der Waals surface area (Å²) in [7, 11) is 0. The second-order valence-corrected chi connectivity index (χ2v) is 6.30. The van der Waals surface area contributed by atoms with E-state index in [2.05, 4.69) is 5.32 Å². The number of hydrogen-bond donors (Lipinski definition) is 3. The molecule has 1 atom stereocenters. The van der Waals surface area contributed by atoms with Crippen molar-refractivity contribution in [3.63, 3.8) is 0 Å². The quantitative estimate of drug-likeness (QED) is 0.680. The predicted molar refractivity (Wildman–Crippen MR) is 77.6 cm³/mol. The first-order valence-corrected chi connectivity index (χ1v) is 7.26. The molecule has 0 aromatic carbocycles. The van der Waals surface area contributed by atoms with E-state index in [0.29, 0.717) is 32.2 Å². The number of carbonyl (C=O) groups excluding carboxylic acids is 2. The van der Waals surface area contributed by atoms with Crippen LogP contribution in [0.1, 0.15) is 52.9 Å². The molecular formula is C14H25N3O4. The summed E-state index contributed by atoms with van der Waals surface area (Å²) >= 11 is 0. The standard InChI is InChI=1S/C14H25N3O4/c1-4-6-14(11(19)20)7-5-8-17(14)12(21)16-13(2,3)9-10(15)18/h4-9H2,1-3H3,(H2,15,18)(H,16,21)(H,19,20). The Hall–Kier alpha value is -1.79. The largest absolute Gasteiger partial charge is 0.479 e. The van der Waals surface area contributed by atoms with Gasteiger partial charge < -0.3 is 21.1 Å². The van der Waals surface area contributed by atoms with Gasteiger partial charge >= 0.3 is 12.0 Å². The maximum atomic E-state index is 12.4. The zero-order valence-corrected chi connectivity index (χ0v) is 12.9. The Kier molecular flexibility index (Phi) is 5.20. The van der Waals surface area contributed by atoms with Gasteiger partial charge in [-0.1, -0.05) is 13.3 Å². The van der Waals surface area contributed by atoms with Crippen LogP contribution in [-0.4, -0.2) is 45.5 Å². The summed E-state index contributed by atoms with van der Waals surface area (Å²) in [5.41, 5.74) is 3.22. The van der Waals surface area contributed by atoms with Crippen molar-refractivity contribution in [2.24, 2.45) is 5.73 Å². The molecule has 1 fully saturated rings. The third kappa shape index (κ3) is 3.86. The van der Waals surface area contributed by atoms with Crippen LogP contribution in [0, 0.1) is 0 Å². The number of amides is 3. The van der Waals surface area contributed by atoms with Gasteiger partial charge in [-0.05, 0) is 33.1 Å². The SMILES string of the molecule is CCCC1(C(=O)O)CCCN1C(=O)NC(C)(C)CC(N)=O. The molecule has 0 aliphatic carbocycles. The van der Waals surface area contributed by atoms with E-state index in [4.69, 9.17) is 5.73 Å². The molecule has 1 rings (SSSR count). The normalized spacial score (nSPS) is 22.1. The van der Waals surface area contributed by atoms with Crippen LogP contribution in [0.15, 0.2) is 0 Å².